The van der Waals surface area contributed by atoms with Gasteiger partial charge in [-0.1, -0.05) is 0 Å². The van der Waals surface area contributed by atoms with Crippen molar-refractivity contribution in [2.75, 3.05) is 13.1 Å². The Morgan fingerprint density at radius 2 is 1.92 bits per heavy atom. The summed E-state index contributed by atoms with van der Waals surface area (Å²) in [6.45, 7) is 8.52. The molecule has 1 N–H and O–H groups in total. The first-order chi connectivity index (χ1) is 11.9. The Morgan fingerprint density at radius 3 is 2.56 bits per heavy atom. The van der Waals surface area contributed by atoms with Crippen molar-refractivity contribution in [3.8, 4) is 11.3 Å². The molecular weight excluding hydrogens is 316 g/mol. The van der Waals surface area contributed by atoms with E-state index in [1.807, 2.05) is 13.0 Å². The van der Waals surface area contributed by atoms with Crippen LogP contribution in [0.2, 0.25) is 0 Å². The van der Waals surface area contributed by atoms with Crippen molar-refractivity contribution < 1.29 is 9.90 Å². The molecule has 0 saturated carbocycles. The molecule has 2 aromatic heterocycles. The Bertz CT molecular complexity index is 768. The summed E-state index contributed by atoms with van der Waals surface area (Å²) in [5.41, 5.74) is 2.52. The van der Waals surface area contributed by atoms with E-state index in [1.165, 1.54) is 6.20 Å². The van der Waals surface area contributed by atoms with Crippen LogP contribution < -0.4 is 0 Å². The molecule has 0 aromatic carbocycles. The standard InChI is InChI=1S/C19H24N4O2/c1-12(2)23-6-4-14(5-7-23)18-21-13(3)8-17(22-18)15-9-16(19(24)25)11-20-10-15/h8-12,14H,4-7H2,1-3H3,(H,24,25). The SMILES string of the molecule is Cc1cc(-c2cncc(C(=O)O)c2)nc(C2CCN(C(C)C)CC2)n1. The number of likely N-dealkylation sites (tertiary alicyclic amines) is 1. The topological polar surface area (TPSA) is 79.2 Å². The summed E-state index contributed by atoms with van der Waals surface area (Å²) < 4.78 is 0. The highest BCUT2D eigenvalue weighted by Gasteiger charge is 2.24. The second kappa shape index (κ2) is 7.27. The molecule has 1 aliphatic heterocycles. The molecule has 3 heterocycles. The highest BCUT2D eigenvalue weighted by molar-refractivity contribution is 5.88. The first-order valence-corrected chi connectivity index (χ1v) is 8.72. The van der Waals surface area contributed by atoms with Gasteiger partial charge in [0.05, 0.1) is 11.3 Å². The maximum atomic E-state index is 11.2. The van der Waals surface area contributed by atoms with Crippen LogP contribution in [0.25, 0.3) is 11.3 Å². The molecule has 1 aliphatic rings. The van der Waals surface area contributed by atoms with E-state index < -0.39 is 5.97 Å². The molecule has 0 radical (unpaired) electrons. The number of aryl methyl sites for hydroxylation is 1. The van der Waals surface area contributed by atoms with Crippen molar-refractivity contribution >= 4 is 5.97 Å². The Balaban J connectivity index is 1.86. The van der Waals surface area contributed by atoms with Crippen molar-refractivity contribution in [2.24, 2.45) is 0 Å². The monoisotopic (exact) mass is 340 g/mol. The van der Waals surface area contributed by atoms with Crippen LogP contribution in [0.5, 0.6) is 0 Å². The number of rotatable bonds is 4. The van der Waals surface area contributed by atoms with Gasteiger partial charge in [-0.25, -0.2) is 14.8 Å². The van der Waals surface area contributed by atoms with Gasteiger partial charge in [0.1, 0.15) is 5.82 Å². The number of aromatic nitrogens is 3. The van der Waals surface area contributed by atoms with E-state index in [2.05, 4.69) is 28.7 Å². The van der Waals surface area contributed by atoms with Gasteiger partial charge in [-0.2, -0.15) is 0 Å². The number of carboxylic acid groups (broad SMARTS) is 1. The zero-order chi connectivity index (χ0) is 18.0. The lowest BCUT2D eigenvalue weighted by molar-refractivity contribution is 0.0696. The van der Waals surface area contributed by atoms with Gasteiger partial charge < -0.3 is 10.0 Å². The fraction of sp³-hybridized carbons (Fsp3) is 0.474. The molecule has 6 heteroatoms. The van der Waals surface area contributed by atoms with Crippen LogP contribution in [0.3, 0.4) is 0 Å². The molecule has 0 unspecified atom stereocenters. The molecule has 0 atom stereocenters. The molecule has 3 rings (SSSR count). The molecular formula is C19H24N4O2. The first-order valence-electron chi connectivity index (χ1n) is 8.72. The zero-order valence-corrected chi connectivity index (χ0v) is 14.9. The van der Waals surface area contributed by atoms with Gasteiger partial charge in [0.2, 0.25) is 0 Å². The third kappa shape index (κ3) is 4.02. The molecule has 2 aromatic rings. The van der Waals surface area contributed by atoms with E-state index >= 15 is 0 Å². The summed E-state index contributed by atoms with van der Waals surface area (Å²) in [6, 6.07) is 4.07. The van der Waals surface area contributed by atoms with Crippen molar-refractivity contribution in [2.45, 2.75) is 45.6 Å². The number of hydrogen-bond acceptors (Lipinski definition) is 5. The summed E-state index contributed by atoms with van der Waals surface area (Å²) in [5, 5.41) is 9.16. The predicted molar refractivity (Wildman–Crippen MR) is 95.6 cm³/mol. The van der Waals surface area contributed by atoms with Crippen LogP contribution in [0.1, 0.15) is 54.5 Å². The van der Waals surface area contributed by atoms with Crippen LogP contribution in [-0.4, -0.2) is 50.1 Å². The number of carbonyl (C=O) groups is 1. The third-order valence-corrected chi connectivity index (χ3v) is 4.78. The predicted octanol–water partition coefficient (Wildman–Crippen LogP) is 3.13. The van der Waals surface area contributed by atoms with Crippen LogP contribution in [0, 0.1) is 6.92 Å². The molecule has 132 valence electrons. The number of aromatic carboxylic acids is 1. The van der Waals surface area contributed by atoms with E-state index in [4.69, 9.17) is 10.1 Å². The fourth-order valence-electron chi connectivity index (χ4n) is 3.29. The quantitative estimate of drug-likeness (QED) is 0.921. The van der Waals surface area contributed by atoms with Crippen LogP contribution >= 0.6 is 0 Å². The smallest absolute Gasteiger partial charge is 0.337 e. The largest absolute Gasteiger partial charge is 0.478 e. The molecule has 0 spiro atoms. The number of pyridine rings is 1. The maximum Gasteiger partial charge on any atom is 0.337 e. The lowest BCUT2D eigenvalue weighted by atomic mass is 9.95. The van der Waals surface area contributed by atoms with Gasteiger partial charge in [0.15, 0.2) is 0 Å². The number of nitrogens with zero attached hydrogens (tertiary/aromatic N) is 4. The van der Waals surface area contributed by atoms with E-state index in [0.29, 0.717) is 17.5 Å². The van der Waals surface area contributed by atoms with Crippen molar-refractivity contribution in [1.29, 1.82) is 0 Å². The van der Waals surface area contributed by atoms with Crippen molar-refractivity contribution in [3.05, 3.63) is 41.6 Å². The number of piperidine rings is 1. The summed E-state index contributed by atoms with van der Waals surface area (Å²) >= 11 is 0. The molecule has 25 heavy (non-hydrogen) atoms. The fourth-order valence-corrected chi connectivity index (χ4v) is 3.29. The summed E-state index contributed by atoms with van der Waals surface area (Å²) in [7, 11) is 0. The van der Waals surface area contributed by atoms with Gasteiger partial charge in [0.25, 0.3) is 0 Å². The summed E-state index contributed by atoms with van der Waals surface area (Å²) in [5.74, 6) is 0.227. The molecule has 0 amide bonds. The zero-order valence-electron chi connectivity index (χ0n) is 14.9. The van der Waals surface area contributed by atoms with Gasteiger partial charge >= 0.3 is 5.97 Å². The molecule has 1 fully saturated rings. The molecule has 0 bridgehead atoms. The summed E-state index contributed by atoms with van der Waals surface area (Å²) in [4.78, 5) is 27.1. The Labute approximate surface area is 148 Å². The van der Waals surface area contributed by atoms with Gasteiger partial charge in [-0.15, -0.1) is 0 Å². The lowest BCUT2D eigenvalue weighted by Gasteiger charge is -2.34. The Kier molecular flexibility index (Phi) is 5.08. The highest BCUT2D eigenvalue weighted by atomic mass is 16.4. The van der Waals surface area contributed by atoms with Gasteiger partial charge in [0, 0.05) is 35.6 Å². The van der Waals surface area contributed by atoms with Crippen LogP contribution in [0.15, 0.2) is 24.5 Å². The Morgan fingerprint density at radius 1 is 1.20 bits per heavy atom. The molecule has 0 aliphatic carbocycles. The van der Waals surface area contributed by atoms with E-state index in [0.717, 1.165) is 43.1 Å². The minimum absolute atomic E-state index is 0.167. The average Bonchev–Trinajstić information content (AvgIpc) is 2.61. The minimum atomic E-state index is -0.985. The second-order valence-corrected chi connectivity index (χ2v) is 6.92. The van der Waals surface area contributed by atoms with Crippen LogP contribution in [-0.2, 0) is 0 Å². The van der Waals surface area contributed by atoms with Crippen LogP contribution in [0.4, 0.5) is 0 Å². The van der Waals surface area contributed by atoms with Crippen molar-refractivity contribution in [3.63, 3.8) is 0 Å². The van der Waals surface area contributed by atoms with Gasteiger partial charge in [-0.05, 0) is 58.8 Å². The van der Waals surface area contributed by atoms with E-state index in [1.54, 1.807) is 12.3 Å². The summed E-state index contributed by atoms with van der Waals surface area (Å²) in [6.07, 6.45) is 5.10. The minimum Gasteiger partial charge on any atom is -0.478 e. The third-order valence-electron chi connectivity index (χ3n) is 4.78. The normalized spacial score (nSPS) is 16.3. The molecule has 1 saturated heterocycles. The Hall–Kier alpha value is -2.34. The average molecular weight is 340 g/mol. The number of hydrogen-bond donors (Lipinski definition) is 1. The number of carboxylic acids is 1. The highest BCUT2D eigenvalue weighted by Crippen LogP contribution is 2.28. The maximum absolute atomic E-state index is 11.2. The first kappa shape index (κ1) is 17.5. The van der Waals surface area contributed by atoms with E-state index in [9.17, 15) is 4.79 Å². The van der Waals surface area contributed by atoms with E-state index in [-0.39, 0.29) is 5.56 Å². The second-order valence-electron chi connectivity index (χ2n) is 6.92. The molecule has 6 nitrogen and oxygen atoms in total. The van der Waals surface area contributed by atoms with Crippen molar-refractivity contribution in [1.82, 2.24) is 19.9 Å². The lowest BCUT2D eigenvalue weighted by Crippen LogP contribution is -2.38. The van der Waals surface area contributed by atoms with Gasteiger partial charge in [-0.3, -0.25) is 4.98 Å².